The molecule has 0 radical (unpaired) electrons. The van der Waals surface area contributed by atoms with E-state index in [1.54, 1.807) is 36.5 Å². The first-order valence-electron chi connectivity index (χ1n) is 5.22. The topological polar surface area (TPSA) is 96.5 Å². The lowest BCUT2D eigenvalue weighted by molar-refractivity contribution is -0.120. The van der Waals surface area contributed by atoms with Crippen LogP contribution in [0.1, 0.15) is 0 Å². The summed E-state index contributed by atoms with van der Waals surface area (Å²) in [5.41, 5.74) is 6.11. The molecule has 0 atom stereocenters. The van der Waals surface area contributed by atoms with E-state index < -0.39 is 18.5 Å². The predicted molar refractivity (Wildman–Crippen MR) is 65.9 cm³/mol. The van der Waals surface area contributed by atoms with Gasteiger partial charge in [-0.05, 0) is 24.3 Å². The number of anilines is 1. The number of urea groups is 1. The van der Waals surface area contributed by atoms with Crippen molar-refractivity contribution in [1.82, 2.24) is 4.98 Å². The van der Waals surface area contributed by atoms with Crippen LogP contribution < -0.4 is 10.6 Å². The highest BCUT2D eigenvalue weighted by atomic mass is 16.3. The SMILES string of the molecule is NC(=O)N(C(=O)CO)c1cccc2ncccc12. The second-order valence-electron chi connectivity index (χ2n) is 3.57. The number of fused-ring (bicyclic) bond motifs is 1. The number of hydrogen-bond donors (Lipinski definition) is 2. The molecule has 1 aromatic heterocycles. The Hall–Kier alpha value is -2.47. The minimum atomic E-state index is -0.939. The van der Waals surface area contributed by atoms with E-state index >= 15 is 0 Å². The second kappa shape index (κ2) is 4.80. The van der Waals surface area contributed by atoms with Gasteiger partial charge in [0.2, 0.25) is 0 Å². The van der Waals surface area contributed by atoms with Crippen LogP contribution in [0.15, 0.2) is 36.5 Å². The number of amides is 3. The third-order valence-corrected chi connectivity index (χ3v) is 2.47. The van der Waals surface area contributed by atoms with Gasteiger partial charge in [-0.25, -0.2) is 9.69 Å². The Kier molecular flexibility index (Phi) is 3.20. The number of imide groups is 1. The van der Waals surface area contributed by atoms with Gasteiger partial charge in [-0.1, -0.05) is 6.07 Å². The highest BCUT2D eigenvalue weighted by molar-refractivity contribution is 6.18. The molecule has 0 saturated heterocycles. The summed E-state index contributed by atoms with van der Waals surface area (Å²) in [5, 5.41) is 9.48. The molecule has 0 fully saturated rings. The van der Waals surface area contributed by atoms with Crippen LogP contribution in [-0.2, 0) is 4.79 Å². The fourth-order valence-electron chi connectivity index (χ4n) is 1.73. The fraction of sp³-hybridized carbons (Fsp3) is 0.0833. The Labute approximate surface area is 103 Å². The highest BCUT2D eigenvalue weighted by Gasteiger charge is 2.22. The summed E-state index contributed by atoms with van der Waals surface area (Å²) in [5.74, 6) is -0.779. The van der Waals surface area contributed by atoms with Crippen molar-refractivity contribution in [2.45, 2.75) is 0 Å². The van der Waals surface area contributed by atoms with Crippen LogP contribution in [0.5, 0.6) is 0 Å². The van der Waals surface area contributed by atoms with Gasteiger partial charge >= 0.3 is 6.03 Å². The van der Waals surface area contributed by atoms with Crippen LogP contribution >= 0.6 is 0 Å². The maximum atomic E-state index is 11.6. The fourth-order valence-corrected chi connectivity index (χ4v) is 1.73. The van der Waals surface area contributed by atoms with Gasteiger partial charge in [0.1, 0.15) is 6.61 Å². The van der Waals surface area contributed by atoms with Gasteiger partial charge in [0.15, 0.2) is 0 Å². The minimum Gasteiger partial charge on any atom is -0.387 e. The maximum absolute atomic E-state index is 11.6. The summed E-state index contributed by atoms with van der Waals surface area (Å²) in [6.45, 7) is -0.792. The monoisotopic (exact) mass is 245 g/mol. The van der Waals surface area contributed by atoms with E-state index in [9.17, 15) is 9.59 Å². The van der Waals surface area contributed by atoms with Crippen molar-refractivity contribution in [3.63, 3.8) is 0 Å². The predicted octanol–water partition coefficient (Wildman–Crippen LogP) is 0.639. The molecular weight excluding hydrogens is 234 g/mol. The third kappa shape index (κ3) is 2.01. The molecular formula is C12H11N3O3. The van der Waals surface area contributed by atoms with E-state index in [1.807, 2.05) is 0 Å². The molecule has 1 aromatic carbocycles. The molecule has 2 aromatic rings. The first kappa shape index (κ1) is 12.0. The molecule has 0 spiro atoms. The molecule has 18 heavy (non-hydrogen) atoms. The summed E-state index contributed by atoms with van der Waals surface area (Å²) >= 11 is 0. The lowest BCUT2D eigenvalue weighted by Gasteiger charge is -2.18. The van der Waals surface area contributed by atoms with E-state index in [-0.39, 0.29) is 0 Å². The van der Waals surface area contributed by atoms with Crippen LogP contribution in [0, 0.1) is 0 Å². The summed E-state index contributed by atoms with van der Waals surface area (Å²) in [6, 6.07) is 7.45. The number of pyridine rings is 1. The van der Waals surface area contributed by atoms with Gasteiger partial charge in [0.05, 0.1) is 11.2 Å². The average molecular weight is 245 g/mol. The third-order valence-electron chi connectivity index (χ3n) is 2.47. The first-order chi connectivity index (χ1) is 8.65. The lowest BCUT2D eigenvalue weighted by atomic mass is 10.1. The van der Waals surface area contributed by atoms with Crippen molar-refractivity contribution < 1.29 is 14.7 Å². The van der Waals surface area contributed by atoms with Crippen LogP contribution in [0.3, 0.4) is 0 Å². The Bertz CT molecular complexity index is 607. The normalized spacial score (nSPS) is 10.3. The van der Waals surface area contributed by atoms with Crippen molar-refractivity contribution in [3.8, 4) is 0 Å². The van der Waals surface area contributed by atoms with E-state index in [2.05, 4.69) is 4.98 Å². The summed E-state index contributed by atoms with van der Waals surface area (Å²) in [7, 11) is 0. The Morgan fingerprint density at radius 2 is 2.06 bits per heavy atom. The number of aliphatic hydroxyl groups excluding tert-OH is 1. The van der Waals surface area contributed by atoms with E-state index in [1.165, 1.54) is 0 Å². The number of rotatable bonds is 2. The first-order valence-corrected chi connectivity index (χ1v) is 5.22. The zero-order valence-electron chi connectivity index (χ0n) is 9.41. The number of nitrogens with two attached hydrogens (primary N) is 1. The average Bonchev–Trinajstić information content (AvgIpc) is 2.38. The number of nitrogens with zero attached hydrogens (tertiary/aromatic N) is 2. The van der Waals surface area contributed by atoms with Gasteiger partial charge in [0.25, 0.3) is 5.91 Å². The number of benzene rings is 1. The van der Waals surface area contributed by atoms with Crippen molar-refractivity contribution in [3.05, 3.63) is 36.5 Å². The largest absolute Gasteiger partial charge is 0.387 e. The van der Waals surface area contributed by atoms with Gasteiger partial charge in [-0.15, -0.1) is 0 Å². The molecule has 1 heterocycles. The molecule has 3 N–H and O–H groups in total. The zero-order chi connectivity index (χ0) is 13.1. The van der Waals surface area contributed by atoms with Crippen LogP contribution in [-0.4, -0.2) is 28.6 Å². The standard InChI is InChI=1S/C12H11N3O3/c13-12(18)15(11(17)7-16)10-5-1-4-9-8(10)3-2-6-14-9/h1-6,16H,7H2,(H2,13,18). The maximum Gasteiger partial charge on any atom is 0.326 e. The zero-order valence-corrected chi connectivity index (χ0v) is 9.41. The van der Waals surface area contributed by atoms with E-state index in [0.29, 0.717) is 16.6 Å². The number of aromatic nitrogens is 1. The van der Waals surface area contributed by atoms with Crippen molar-refractivity contribution in [2.24, 2.45) is 5.73 Å². The molecule has 2 rings (SSSR count). The minimum absolute atomic E-state index is 0.312. The molecule has 92 valence electrons. The second-order valence-corrected chi connectivity index (χ2v) is 3.57. The quantitative estimate of drug-likeness (QED) is 0.811. The Balaban J connectivity index is 2.64. The summed E-state index contributed by atoms with van der Waals surface area (Å²) in [6.07, 6.45) is 1.61. The molecule has 6 nitrogen and oxygen atoms in total. The van der Waals surface area contributed by atoms with E-state index in [0.717, 1.165) is 4.90 Å². The van der Waals surface area contributed by atoms with Crippen LogP contribution in [0.2, 0.25) is 0 Å². The van der Waals surface area contributed by atoms with E-state index in [4.69, 9.17) is 10.8 Å². The summed E-state index contributed by atoms with van der Waals surface area (Å²) < 4.78 is 0. The molecule has 0 bridgehead atoms. The lowest BCUT2D eigenvalue weighted by Crippen LogP contribution is -2.42. The van der Waals surface area contributed by atoms with Gasteiger partial charge in [0, 0.05) is 11.6 Å². The molecule has 6 heteroatoms. The Morgan fingerprint density at radius 3 is 2.72 bits per heavy atom. The highest BCUT2D eigenvalue weighted by Crippen LogP contribution is 2.25. The number of aliphatic hydroxyl groups is 1. The molecule has 0 aliphatic carbocycles. The molecule has 0 saturated carbocycles. The number of primary amides is 1. The van der Waals surface area contributed by atoms with Gasteiger partial charge in [-0.2, -0.15) is 0 Å². The molecule has 0 unspecified atom stereocenters. The smallest absolute Gasteiger partial charge is 0.326 e. The van der Waals surface area contributed by atoms with Crippen LogP contribution in [0.4, 0.5) is 10.5 Å². The number of carbonyl (C=O) groups excluding carboxylic acids is 2. The van der Waals surface area contributed by atoms with Gasteiger partial charge < -0.3 is 10.8 Å². The molecule has 3 amide bonds. The van der Waals surface area contributed by atoms with Crippen molar-refractivity contribution >= 4 is 28.5 Å². The number of carbonyl (C=O) groups is 2. The summed E-state index contributed by atoms with van der Waals surface area (Å²) in [4.78, 5) is 27.7. The van der Waals surface area contributed by atoms with Gasteiger partial charge in [-0.3, -0.25) is 9.78 Å². The van der Waals surface area contributed by atoms with Crippen LogP contribution in [0.25, 0.3) is 10.9 Å². The van der Waals surface area contributed by atoms with Crippen molar-refractivity contribution in [2.75, 3.05) is 11.5 Å². The Morgan fingerprint density at radius 1 is 1.28 bits per heavy atom. The number of hydrogen-bond acceptors (Lipinski definition) is 4. The molecule has 0 aliphatic heterocycles. The molecule has 0 aliphatic rings. The van der Waals surface area contributed by atoms with Crippen molar-refractivity contribution in [1.29, 1.82) is 0 Å².